The molecule has 0 saturated carbocycles. The number of ether oxygens (including phenoxy) is 3. The van der Waals surface area contributed by atoms with Crippen LogP contribution in [0.4, 0.5) is 0 Å². The Kier molecular flexibility index (Phi) is 3.52. The molecule has 5 heteroatoms. The lowest BCUT2D eigenvalue weighted by atomic mass is 9.80. The highest BCUT2D eigenvalue weighted by molar-refractivity contribution is 6.24. The quantitative estimate of drug-likeness (QED) is 0.705. The van der Waals surface area contributed by atoms with Crippen molar-refractivity contribution < 1.29 is 23.8 Å². The van der Waals surface area contributed by atoms with Crippen LogP contribution < -0.4 is 0 Å². The summed E-state index contributed by atoms with van der Waals surface area (Å²) in [5.74, 6) is -0.579. The second-order valence-corrected chi connectivity index (χ2v) is 4.23. The Morgan fingerprint density at radius 2 is 1.61 bits per heavy atom. The molecule has 18 heavy (non-hydrogen) atoms. The van der Waals surface area contributed by atoms with Crippen molar-refractivity contribution in [3.63, 3.8) is 0 Å². The average molecular weight is 252 g/mol. The first-order valence-electron chi connectivity index (χ1n) is 5.83. The van der Waals surface area contributed by atoms with Crippen molar-refractivity contribution in [2.75, 3.05) is 21.3 Å². The second kappa shape index (κ2) is 4.94. The number of hydrogen-bond donors (Lipinski definition) is 0. The molecule has 2 aliphatic rings. The molecule has 0 aromatic rings. The smallest absolute Gasteiger partial charge is 0.230 e. The van der Waals surface area contributed by atoms with E-state index in [0.717, 1.165) is 12.8 Å². The van der Waals surface area contributed by atoms with Crippen LogP contribution in [0.2, 0.25) is 0 Å². The third-order valence-electron chi connectivity index (χ3n) is 3.37. The van der Waals surface area contributed by atoms with Gasteiger partial charge in [0.05, 0.1) is 20.3 Å². The van der Waals surface area contributed by atoms with E-state index < -0.39 is 0 Å². The number of rotatable bonds is 3. The Bertz CT molecular complexity index is 458. The van der Waals surface area contributed by atoms with E-state index in [9.17, 15) is 9.59 Å². The van der Waals surface area contributed by atoms with Crippen molar-refractivity contribution in [1.29, 1.82) is 0 Å². The molecular weight excluding hydrogens is 236 g/mol. The predicted molar refractivity (Wildman–Crippen MR) is 62.7 cm³/mol. The molecule has 0 spiro atoms. The Labute approximate surface area is 105 Å². The Balaban J connectivity index is 2.53. The molecular formula is C13H16O5. The van der Waals surface area contributed by atoms with Gasteiger partial charge in [0, 0.05) is 18.3 Å². The molecule has 0 saturated heterocycles. The molecule has 2 rings (SSSR count). The van der Waals surface area contributed by atoms with Gasteiger partial charge in [-0.2, -0.15) is 0 Å². The third kappa shape index (κ3) is 1.75. The lowest BCUT2D eigenvalue weighted by molar-refractivity contribution is -0.122. The summed E-state index contributed by atoms with van der Waals surface area (Å²) < 4.78 is 15.3. The largest absolute Gasteiger partial charge is 0.489 e. The van der Waals surface area contributed by atoms with Gasteiger partial charge in [-0.1, -0.05) is 0 Å². The van der Waals surface area contributed by atoms with Crippen LogP contribution in [0.15, 0.2) is 22.7 Å². The summed E-state index contributed by atoms with van der Waals surface area (Å²) in [6, 6.07) is 0. The number of methoxy groups -OCH3 is 3. The van der Waals surface area contributed by atoms with Crippen LogP contribution in [-0.2, 0) is 23.8 Å². The predicted octanol–water partition coefficient (Wildman–Crippen LogP) is 1.14. The minimum absolute atomic E-state index is 0.00185. The fraction of sp³-hybridized carbons (Fsp3) is 0.538. The van der Waals surface area contributed by atoms with Crippen LogP contribution >= 0.6 is 0 Å². The van der Waals surface area contributed by atoms with Crippen LogP contribution in [0.5, 0.6) is 0 Å². The third-order valence-corrected chi connectivity index (χ3v) is 3.37. The maximum absolute atomic E-state index is 12.3. The summed E-state index contributed by atoms with van der Waals surface area (Å²) in [6.07, 6.45) is 1.83. The topological polar surface area (TPSA) is 61.8 Å². The van der Waals surface area contributed by atoms with E-state index in [2.05, 4.69) is 0 Å². The van der Waals surface area contributed by atoms with Crippen LogP contribution in [-0.4, -0.2) is 39.0 Å². The van der Waals surface area contributed by atoms with Gasteiger partial charge in [-0.15, -0.1) is 0 Å². The highest BCUT2D eigenvalue weighted by atomic mass is 16.5. The lowest BCUT2D eigenvalue weighted by Crippen LogP contribution is -2.34. The molecule has 0 radical (unpaired) electrons. The minimum atomic E-state index is -0.325. The van der Waals surface area contributed by atoms with Gasteiger partial charge in [-0.25, -0.2) is 0 Å². The first kappa shape index (κ1) is 12.8. The van der Waals surface area contributed by atoms with Crippen molar-refractivity contribution in [2.24, 2.45) is 0 Å². The van der Waals surface area contributed by atoms with Crippen molar-refractivity contribution in [1.82, 2.24) is 0 Å². The van der Waals surface area contributed by atoms with E-state index in [1.807, 2.05) is 0 Å². The van der Waals surface area contributed by atoms with Gasteiger partial charge in [-0.3, -0.25) is 9.59 Å². The zero-order chi connectivity index (χ0) is 13.3. The molecule has 98 valence electrons. The Hall–Kier alpha value is -1.62. The van der Waals surface area contributed by atoms with Crippen molar-refractivity contribution >= 4 is 11.6 Å². The number of allylic oxidation sites excluding steroid dienone is 2. The molecule has 0 aromatic carbocycles. The molecule has 0 aromatic heterocycles. The van der Waals surface area contributed by atoms with Crippen molar-refractivity contribution in [2.45, 2.75) is 25.4 Å². The second-order valence-electron chi connectivity index (χ2n) is 4.23. The number of Topliss-reactive ketones (excluding diaryl/α,β-unsaturated/α-hetero) is 2. The number of hydrogen-bond acceptors (Lipinski definition) is 5. The van der Waals surface area contributed by atoms with E-state index in [1.165, 1.54) is 14.2 Å². The van der Waals surface area contributed by atoms with E-state index in [0.29, 0.717) is 17.6 Å². The fourth-order valence-electron chi connectivity index (χ4n) is 2.53. The zero-order valence-electron chi connectivity index (χ0n) is 10.7. The van der Waals surface area contributed by atoms with Gasteiger partial charge < -0.3 is 14.2 Å². The average Bonchev–Trinajstić information content (AvgIpc) is 2.41. The maximum Gasteiger partial charge on any atom is 0.230 e. The van der Waals surface area contributed by atoms with Gasteiger partial charge in [0.1, 0.15) is 0 Å². The van der Waals surface area contributed by atoms with Crippen molar-refractivity contribution in [3.05, 3.63) is 22.7 Å². The normalized spacial score (nSPS) is 24.3. The number of carbonyl (C=O) groups is 2. The van der Waals surface area contributed by atoms with Crippen LogP contribution in [0, 0.1) is 0 Å². The summed E-state index contributed by atoms with van der Waals surface area (Å²) in [5.41, 5.74) is 0.946. The molecule has 5 nitrogen and oxygen atoms in total. The standard InChI is InChI=1S/C13H16O5/c1-16-8-6-4-5-7-9(8)11(15)13(18-3)12(17-2)10(7)14/h8H,4-6H2,1-3H3. The zero-order valence-corrected chi connectivity index (χ0v) is 10.7. The molecule has 0 fully saturated rings. The first-order chi connectivity index (χ1) is 8.65. The summed E-state index contributed by atoms with van der Waals surface area (Å²) >= 11 is 0. The summed E-state index contributed by atoms with van der Waals surface area (Å²) in [4.78, 5) is 24.6. The first-order valence-corrected chi connectivity index (χ1v) is 5.83. The van der Waals surface area contributed by atoms with Gasteiger partial charge in [-0.05, 0) is 19.3 Å². The fourth-order valence-corrected chi connectivity index (χ4v) is 2.53. The molecule has 2 aliphatic carbocycles. The maximum atomic E-state index is 12.3. The lowest BCUT2D eigenvalue weighted by Gasteiger charge is -2.29. The Morgan fingerprint density at radius 3 is 2.17 bits per heavy atom. The summed E-state index contributed by atoms with van der Waals surface area (Å²) in [6.45, 7) is 0. The van der Waals surface area contributed by atoms with E-state index in [4.69, 9.17) is 14.2 Å². The molecule has 0 bridgehead atoms. The SMILES string of the molecule is COC1=C(OC)C(=O)C2=C(CCCC2OC)C1=O. The van der Waals surface area contributed by atoms with Crippen LogP contribution in [0.3, 0.4) is 0 Å². The number of carbonyl (C=O) groups excluding carboxylic acids is 2. The molecule has 0 amide bonds. The van der Waals surface area contributed by atoms with E-state index in [1.54, 1.807) is 7.11 Å². The number of ketones is 2. The van der Waals surface area contributed by atoms with Gasteiger partial charge in [0.15, 0.2) is 0 Å². The molecule has 0 aliphatic heterocycles. The van der Waals surface area contributed by atoms with Gasteiger partial charge in [0.2, 0.25) is 23.1 Å². The summed E-state index contributed by atoms with van der Waals surface area (Å²) in [5, 5.41) is 0. The monoisotopic (exact) mass is 252 g/mol. The Morgan fingerprint density at radius 1 is 1.00 bits per heavy atom. The van der Waals surface area contributed by atoms with Gasteiger partial charge >= 0.3 is 0 Å². The molecule has 1 atom stereocenters. The van der Waals surface area contributed by atoms with E-state index in [-0.39, 0.29) is 29.2 Å². The van der Waals surface area contributed by atoms with Gasteiger partial charge in [0.25, 0.3) is 0 Å². The highest BCUT2D eigenvalue weighted by Crippen LogP contribution is 2.36. The van der Waals surface area contributed by atoms with Crippen molar-refractivity contribution in [3.8, 4) is 0 Å². The van der Waals surface area contributed by atoms with E-state index >= 15 is 0 Å². The highest BCUT2D eigenvalue weighted by Gasteiger charge is 2.41. The molecule has 0 N–H and O–H groups in total. The summed E-state index contributed by atoms with van der Waals surface area (Å²) in [7, 11) is 4.26. The van der Waals surface area contributed by atoms with Crippen LogP contribution in [0.25, 0.3) is 0 Å². The van der Waals surface area contributed by atoms with Crippen LogP contribution in [0.1, 0.15) is 19.3 Å². The molecule has 1 unspecified atom stereocenters. The molecule has 0 heterocycles. The minimum Gasteiger partial charge on any atom is -0.489 e.